The van der Waals surface area contributed by atoms with E-state index in [0.717, 1.165) is 12.8 Å². The van der Waals surface area contributed by atoms with E-state index >= 15 is 0 Å². The second-order valence-corrected chi connectivity index (χ2v) is 6.94. The van der Waals surface area contributed by atoms with Crippen LogP contribution in [0.2, 0.25) is 5.02 Å². The van der Waals surface area contributed by atoms with Crippen molar-refractivity contribution in [3.8, 4) is 5.75 Å². The lowest BCUT2D eigenvalue weighted by Gasteiger charge is -2.09. The fraction of sp³-hybridized carbons (Fsp3) is 0.444. The number of carbonyl (C=O) groups is 1. The predicted octanol–water partition coefficient (Wildman–Crippen LogP) is 4.85. The largest absolute Gasteiger partial charge is 0.436 e. The van der Waals surface area contributed by atoms with E-state index in [4.69, 9.17) is 11.6 Å². The maximum atomic E-state index is 13.0. The van der Waals surface area contributed by atoms with Crippen LogP contribution >= 0.6 is 11.6 Å². The minimum atomic E-state index is -4.63. The zero-order valence-electron chi connectivity index (χ0n) is 15.0. The van der Waals surface area contributed by atoms with Crippen molar-refractivity contribution >= 4 is 17.5 Å². The van der Waals surface area contributed by atoms with Crippen molar-refractivity contribution < 1.29 is 31.5 Å². The second kappa shape index (κ2) is 8.56. The molecular weight excluding hydrogens is 421 g/mol. The van der Waals surface area contributed by atoms with Crippen LogP contribution in [0, 0.1) is 0 Å². The van der Waals surface area contributed by atoms with Gasteiger partial charge in [0.1, 0.15) is 5.75 Å². The molecule has 1 saturated carbocycles. The van der Waals surface area contributed by atoms with Crippen LogP contribution in [0.5, 0.6) is 5.75 Å². The number of nitrogens with one attached hydrogen (secondary N) is 1. The first-order valence-corrected chi connectivity index (χ1v) is 9.21. The molecule has 1 aliphatic rings. The van der Waals surface area contributed by atoms with Gasteiger partial charge in [0.2, 0.25) is 0 Å². The summed E-state index contributed by atoms with van der Waals surface area (Å²) in [7, 11) is 0. The molecule has 1 fully saturated rings. The number of amides is 1. The average molecular weight is 438 g/mol. The van der Waals surface area contributed by atoms with Gasteiger partial charge < -0.3 is 10.1 Å². The van der Waals surface area contributed by atoms with Crippen LogP contribution in [-0.4, -0.2) is 28.8 Å². The maximum Gasteiger partial charge on any atom is 0.436 e. The molecule has 1 heterocycles. The molecule has 158 valence electrons. The molecule has 0 saturated heterocycles. The standard InChI is InChI=1S/C18H17ClF5N3O2/c19-13-14(10-5-6-10)27(26-15(13)18(22,23)24)8-2-7-25-16(28)11-3-1-4-12(9-11)29-17(20)21/h1,3-4,9-10,17H,2,5-8H2,(H,25,28). The fourth-order valence-corrected chi connectivity index (χ4v) is 3.29. The van der Waals surface area contributed by atoms with Crippen LogP contribution in [0.3, 0.4) is 0 Å². The number of ether oxygens (including phenoxy) is 1. The molecule has 0 atom stereocenters. The van der Waals surface area contributed by atoms with Crippen LogP contribution in [0.15, 0.2) is 24.3 Å². The topological polar surface area (TPSA) is 56.2 Å². The highest BCUT2D eigenvalue weighted by atomic mass is 35.5. The number of hydrogen-bond acceptors (Lipinski definition) is 3. The van der Waals surface area contributed by atoms with Gasteiger partial charge in [0.15, 0.2) is 5.69 Å². The smallest absolute Gasteiger partial charge is 0.435 e. The number of aryl methyl sites for hydroxylation is 1. The molecule has 0 aliphatic heterocycles. The summed E-state index contributed by atoms with van der Waals surface area (Å²) in [6.45, 7) is -2.70. The van der Waals surface area contributed by atoms with Gasteiger partial charge in [0.25, 0.3) is 5.91 Å². The highest BCUT2D eigenvalue weighted by Gasteiger charge is 2.41. The molecule has 1 aliphatic carbocycles. The van der Waals surface area contributed by atoms with Crippen LogP contribution in [0.1, 0.15) is 46.9 Å². The summed E-state index contributed by atoms with van der Waals surface area (Å²) < 4.78 is 69.1. The van der Waals surface area contributed by atoms with Gasteiger partial charge in [-0.3, -0.25) is 9.48 Å². The van der Waals surface area contributed by atoms with Crippen molar-refractivity contribution in [2.24, 2.45) is 0 Å². The van der Waals surface area contributed by atoms with Crippen molar-refractivity contribution in [2.75, 3.05) is 6.54 Å². The Balaban J connectivity index is 1.58. The molecular formula is C18H17ClF5N3O2. The molecule has 2 aromatic rings. The number of alkyl halides is 5. The molecule has 29 heavy (non-hydrogen) atoms. The zero-order chi connectivity index (χ0) is 21.2. The minimum absolute atomic E-state index is 0.0294. The molecule has 0 bridgehead atoms. The minimum Gasteiger partial charge on any atom is -0.435 e. The summed E-state index contributed by atoms with van der Waals surface area (Å²) in [6.07, 6.45) is -2.80. The van der Waals surface area contributed by atoms with Gasteiger partial charge in [-0.05, 0) is 37.5 Å². The molecule has 5 nitrogen and oxygen atoms in total. The first-order valence-electron chi connectivity index (χ1n) is 8.83. The molecule has 1 aromatic carbocycles. The lowest BCUT2D eigenvalue weighted by atomic mass is 10.2. The van der Waals surface area contributed by atoms with Crippen molar-refractivity contribution in [1.29, 1.82) is 0 Å². The van der Waals surface area contributed by atoms with E-state index in [0.29, 0.717) is 12.1 Å². The van der Waals surface area contributed by atoms with E-state index < -0.39 is 24.4 Å². The Labute approximate surface area is 167 Å². The average Bonchev–Trinajstić information content (AvgIpc) is 3.40. The molecule has 1 N–H and O–H groups in total. The summed E-state index contributed by atoms with van der Waals surface area (Å²) >= 11 is 5.90. The maximum absolute atomic E-state index is 13.0. The summed E-state index contributed by atoms with van der Waals surface area (Å²) in [5, 5.41) is 5.84. The summed E-state index contributed by atoms with van der Waals surface area (Å²) in [5.74, 6) is -0.688. The van der Waals surface area contributed by atoms with Crippen LogP contribution in [0.4, 0.5) is 22.0 Å². The molecule has 0 radical (unpaired) electrons. The third kappa shape index (κ3) is 5.37. The van der Waals surface area contributed by atoms with Gasteiger partial charge in [-0.2, -0.15) is 27.1 Å². The van der Waals surface area contributed by atoms with Crippen molar-refractivity contribution in [3.05, 3.63) is 46.2 Å². The molecule has 0 spiro atoms. The Morgan fingerprint density at radius 2 is 2.07 bits per heavy atom. The molecule has 1 aromatic heterocycles. The molecule has 11 heteroatoms. The highest BCUT2D eigenvalue weighted by molar-refractivity contribution is 6.32. The summed E-state index contributed by atoms with van der Waals surface area (Å²) in [6, 6.07) is 5.30. The van der Waals surface area contributed by atoms with Crippen molar-refractivity contribution in [2.45, 2.75) is 44.5 Å². The zero-order valence-corrected chi connectivity index (χ0v) is 15.7. The Kier molecular flexibility index (Phi) is 6.30. The molecule has 0 unspecified atom stereocenters. The quantitative estimate of drug-likeness (QED) is 0.474. The van der Waals surface area contributed by atoms with Gasteiger partial charge in [-0.15, -0.1) is 0 Å². The van der Waals surface area contributed by atoms with E-state index in [1.165, 1.54) is 28.9 Å². The van der Waals surface area contributed by atoms with Gasteiger partial charge in [-0.25, -0.2) is 0 Å². The molecule has 1 amide bonds. The number of rotatable bonds is 8. The van der Waals surface area contributed by atoms with Gasteiger partial charge in [0, 0.05) is 24.6 Å². The Hall–Kier alpha value is -2.36. The normalized spacial score (nSPS) is 14.3. The number of carbonyl (C=O) groups excluding carboxylic acids is 1. The number of aromatic nitrogens is 2. The van der Waals surface area contributed by atoms with Crippen LogP contribution in [-0.2, 0) is 12.7 Å². The summed E-state index contributed by atoms with van der Waals surface area (Å²) in [5.41, 5.74) is -0.591. The number of nitrogens with zero attached hydrogens (tertiary/aromatic N) is 2. The highest BCUT2D eigenvalue weighted by Crippen LogP contribution is 2.46. The SMILES string of the molecule is O=C(NCCCn1nc(C(F)(F)F)c(Cl)c1C1CC1)c1cccc(OC(F)F)c1. The van der Waals surface area contributed by atoms with E-state index in [9.17, 15) is 26.7 Å². The Morgan fingerprint density at radius 3 is 2.69 bits per heavy atom. The van der Waals surface area contributed by atoms with Gasteiger partial charge >= 0.3 is 12.8 Å². The predicted molar refractivity (Wildman–Crippen MR) is 94.2 cm³/mol. The van der Waals surface area contributed by atoms with Crippen LogP contribution < -0.4 is 10.1 Å². The van der Waals surface area contributed by atoms with Gasteiger partial charge in [0.05, 0.1) is 10.7 Å². The Bertz CT molecular complexity index is 881. The van der Waals surface area contributed by atoms with E-state index in [1.54, 1.807) is 0 Å². The lowest BCUT2D eigenvalue weighted by molar-refractivity contribution is -0.141. The van der Waals surface area contributed by atoms with E-state index in [1.807, 2.05) is 0 Å². The number of halogens is 6. The Morgan fingerprint density at radius 1 is 1.34 bits per heavy atom. The van der Waals surface area contributed by atoms with Crippen molar-refractivity contribution in [3.63, 3.8) is 0 Å². The number of benzene rings is 1. The van der Waals surface area contributed by atoms with Gasteiger partial charge in [-0.1, -0.05) is 17.7 Å². The first kappa shape index (κ1) is 21.4. The fourth-order valence-electron chi connectivity index (χ4n) is 2.90. The third-order valence-corrected chi connectivity index (χ3v) is 4.69. The van der Waals surface area contributed by atoms with Crippen molar-refractivity contribution in [1.82, 2.24) is 15.1 Å². The summed E-state index contributed by atoms with van der Waals surface area (Å²) in [4.78, 5) is 12.1. The second-order valence-electron chi connectivity index (χ2n) is 6.56. The molecule has 3 rings (SSSR count). The number of hydrogen-bond donors (Lipinski definition) is 1. The first-order chi connectivity index (χ1) is 13.7. The van der Waals surface area contributed by atoms with Crippen LogP contribution in [0.25, 0.3) is 0 Å². The third-order valence-electron chi connectivity index (χ3n) is 4.32. The lowest BCUT2D eigenvalue weighted by Crippen LogP contribution is -2.25. The monoisotopic (exact) mass is 437 g/mol. The van der Waals surface area contributed by atoms with E-state index in [2.05, 4.69) is 15.2 Å². The van der Waals surface area contributed by atoms with E-state index in [-0.39, 0.29) is 35.3 Å².